The summed E-state index contributed by atoms with van der Waals surface area (Å²) in [5.74, 6) is -0.906. The van der Waals surface area contributed by atoms with Gasteiger partial charge in [-0.25, -0.2) is 4.79 Å². The SMILES string of the molecule is COC1=CCC(C(C)C=C(C)C=CC=CC(=O)NC(C(=O)NC=CCC(CC=C(C)Cl)OC)C(C)(C)C)OC1=O. The topological polar surface area (TPSA) is 103 Å². The maximum atomic E-state index is 12.8. The number of esters is 1. The smallest absolute Gasteiger partial charge is 0.373 e. The Morgan fingerprint density at radius 3 is 2.42 bits per heavy atom. The monoisotopic (exact) mass is 576 g/mol. The van der Waals surface area contributed by atoms with E-state index in [2.05, 4.69) is 10.6 Å². The van der Waals surface area contributed by atoms with Crippen LogP contribution in [0.25, 0.3) is 0 Å². The predicted molar refractivity (Wildman–Crippen MR) is 159 cm³/mol. The van der Waals surface area contributed by atoms with E-state index in [0.717, 1.165) is 5.57 Å². The van der Waals surface area contributed by atoms with Crippen LogP contribution < -0.4 is 10.6 Å². The molecule has 40 heavy (non-hydrogen) atoms. The molecular formula is C31H45ClN2O6. The van der Waals surface area contributed by atoms with Gasteiger partial charge in [0.2, 0.25) is 11.8 Å². The molecule has 0 aliphatic carbocycles. The van der Waals surface area contributed by atoms with Crippen molar-refractivity contribution in [3.63, 3.8) is 0 Å². The standard InChI is InChI=1S/C31H45ClN2O6/c1-21(20-22(2)25-17-18-26(39-8)30(37)40-25)12-9-10-14-27(35)34-28(31(4,5)6)29(36)33-19-11-13-24(38-7)16-15-23(3)32/h9-12,14-15,18-20,22,24-25,28H,13,16-17H2,1-8H3,(H,33,36)(H,34,35). The van der Waals surface area contributed by atoms with Crippen molar-refractivity contribution in [2.24, 2.45) is 11.3 Å². The second kappa shape index (κ2) is 17.6. The summed E-state index contributed by atoms with van der Waals surface area (Å²) in [7, 11) is 3.07. The number of nitrogens with one attached hydrogen (secondary N) is 2. The van der Waals surface area contributed by atoms with Gasteiger partial charge in [-0.1, -0.05) is 81.3 Å². The molecule has 0 bridgehead atoms. The second-order valence-corrected chi connectivity index (χ2v) is 11.4. The van der Waals surface area contributed by atoms with Gasteiger partial charge in [-0.15, -0.1) is 0 Å². The van der Waals surface area contributed by atoms with Gasteiger partial charge >= 0.3 is 5.97 Å². The summed E-state index contributed by atoms with van der Waals surface area (Å²) in [6.45, 7) is 11.4. The van der Waals surface area contributed by atoms with Crippen molar-refractivity contribution in [1.29, 1.82) is 0 Å². The number of halogens is 1. The van der Waals surface area contributed by atoms with Crippen LogP contribution in [0.4, 0.5) is 0 Å². The molecule has 9 heteroatoms. The summed E-state index contributed by atoms with van der Waals surface area (Å²) in [4.78, 5) is 37.3. The lowest BCUT2D eigenvalue weighted by molar-refractivity contribution is -0.151. The van der Waals surface area contributed by atoms with Crippen molar-refractivity contribution in [2.75, 3.05) is 14.2 Å². The van der Waals surface area contributed by atoms with Gasteiger partial charge in [0.05, 0.1) is 13.2 Å². The summed E-state index contributed by atoms with van der Waals surface area (Å²) in [5.41, 5.74) is 0.449. The number of carbonyl (C=O) groups is 3. The third-order valence-electron chi connectivity index (χ3n) is 6.20. The Morgan fingerprint density at radius 2 is 1.85 bits per heavy atom. The van der Waals surface area contributed by atoms with Gasteiger partial charge in [-0.3, -0.25) is 9.59 Å². The van der Waals surface area contributed by atoms with Gasteiger partial charge in [0, 0.05) is 30.6 Å². The average molecular weight is 577 g/mol. The minimum absolute atomic E-state index is 0.00250. The minimum Gasteiger partial charge on any atom is -0.490 e. The molecule has 4 atom stereocenters. The highest BCUT2D eigenvalue weighted by Gasteiger charge is 2.32. The van der Waals surface area contributed by atoms with E-state index >= 15 is 0 Å². The quantitative estimate of drug-likeness (QED) is 0.158. The first-order valence-corrected chi connectivity index (χ1v) is 13.8. The Bertz CT molecular complexity index is 1040. The van der Waals surface area contributed by atoms with Crippen molar-refractivity contribution in [3.05, 3.63) is 71.2 Å². The van der Waals surface area contributed by atoms with Crippen LogP contribution in [-0.4, -0.2) is 50.3 Å². The van der Waals surface area contributed by atoms with Crippen LogP contribution >= 0.6 is 11.6 Å². The van der Waals surface area contributed by atoms with Crippen molar-refractivity contribution in [1.82, 2.24) is 10.6 Å². The number of hydrogen-bond donors (Lipinski definition) is 2. The van der Waals surface area contributed by atoms with Gasteiger partial charge in [-0.05, 0) is 44.4 Å². The molecule has 2 N–H and O–H groups in total. The first-order valence-electron chi connectivity index (χ1n) is 13.4. The van der Waals surface area contributed by atoms with Crippen LogP contribution in [-0.2, 0) is 28.6 Å². The molecule has 0 aromatic rings. The fourth-order valence-electron chi connectivity index (χ4n) is 3.86. The number of cyclic esters (lactones) is 1. The molecule has 1 heterocycles. The maximum absolute atomic E-state index is 12.8. The van der Waals surface area contributed by atoms with E-state index in [1.54, 1.807) is 31.5 Å². The van der Waals surface area contributed by atoms with E-state index in [0.29, 0.717) is 24.3 Å². The van der Waals surface area contributed by atoms with E-state index in [9.17, 15) is 14.4 Å². The van der Waals surface area contributed by atoms with Gasteiger partial charge < -0.3 is 24.8 Å². The summed E-state index contributed by atoms with van der Waals surface area (Å²) in [6, 6.07) is -0.744. The normalized spacial score (nSPS) is 19.4. The zero-order valence-corrected chi connectivity index (χ0v) is 25.7. The molecule has 0 aromatic heterocycles. The molecule has 1 aliphatic heterocycles. The van der Waals surface area contributed by atoms with E-state index in [4.69, 9.17) is 25.8 Å². The van der Waals surface area contributed by atoms with E-state index in [1.807, 2.05) is 65.8 Å². The molecule has 1 aliphatic rings. The molecule has 0 radical (unpaired) electrons. The van der Waals surface area contributed by atoms with E-state index < -0.39 is 17.4 Å². The Labute approximate surface area is 244 Å². The van der Waals surface area contributed by atoms with Crippen molar-refractivity contribution >= 4 is 29.4 Å². The summed E-state index contributed by atoms with van der Waals surface area (Å²) < 4.78 is 15.8. The zero-order chi connectivity index (χ0) is 30.3. The van der Waals surface area contributed by atoms with Crippen molar-refractivity contribution in [3.8, 4) is 0 Å². The van der Waals surface area contributed by atoms with Crippen molar-refractivity contribution < 1.29 is 28.6 Å². The summed E-state index contributed by atoms with van der Waals surface area (Å²) in [5, 5.41) is 6.26. The first kappa shape index (κ1) is 34.9. The molecule has 0 spiro atoms. The average Bonchev–Trinajstić information content (AvgIpc) is 2.88. The molecule has 4 unspecified atom stereocenters. The van der Waals surface area contributed by atoms with Crippen LogP contribution in [0.2, 0.25) is 0 Å². The fourth-order valence-corrected chi connectivity index (χ4v) is 3.95. The molecule has 0 aromatic carbocycles. The highest BCUT2D eigenvalue weighted by molar-refractivity contribution is 6.29. The Balaban J connectivity index is 2.66. The Hall–Kier alpha value is -3.10. The zero-order valence-electron chi connectivity index (χ0n) is 25.0. The molecule has 2 amide bonds. The molecule has 8 nitrogen and oxygen atoms in total. The fraction of sp³-hybridized carbons (Fsp3) is 0.516. The van der Waals surface area contributed by atoms with E-state index in [-0.39, 0.29) is 35.7 Å². The molecular weight excluding hydrogens is 532 g/mol. The lowest BCUT2D eigenvalue weighted by Gasteiger charge is -2.29. The van der Waals surface area contributed by atoms with E-state index in [1.165, 1.54) is 13.2 Å². The van der Waals surface area contributed by atoms with Crippen LogP contribution in [0, 0.1) is 11.3 Å². The maximum Gasteiger partial charge on any atom is 0.373 e. The number of carbonyl (C=O) groups excluding carboxylic acids is 3. The number of ether oxygens (including phenoxy) is 3. The Kier molecular flexibility index (Phi) is 15.3. The molecule has 1 rings (SSSR count). The third kappa shape index (κ3) is 13.3. The van der Waals surface area contributed by atoms with Crippen LogP contribution in [0.5, 0.6) is 0 Å². The van der Waals surface area contributed by atoms with Gasteiger partial charge in [0.15, 0.2) is 5.76 Å². The molecule has 0 saturated carbocycles. The Morgan fingerprint density at radius 1 is 1.18 bits per heavy atom. The predicted octanol–water partition coefficient (Wildman–Crippen LogP) is 5.63. The lowest BCUT2D eigenvalue weighted by Crippen LogP contribution is -2.52. The third-order valence-corrected chi connectivity index (χ3v) is 6.35. The van der Waals surface area contributed by atoms with Gasteiger partial charge in [0.1, 0.15) is 12.1 Å². The summed E-state index contributed by atoms with van der Waals surface area (Å²) >= 11 is 5.88. The second-order valence-electron chi connectivity index (χ2n) is 10.8. The summed E-state index contributed by atoms with van der Waals surface area (Å²) in [6.07, 6.45) is 17.2. The van der Waals surface area contributed by atoms with Crippen LogP contribution in [0.3, 0.4) is 0 Å². The highest BCUT2D eigenvalue weighted by Crippen LogP contribution is 2.23. The number of rotatable bonds is 14. The molecule has 0 fully saturated rings. The lowest BCUT2D eigenvalue weighted by atomic mass is 9.86. The van der Waals surface area contributed by atoms with Crippen molar-refractivity contribution in [2.45, 2.75) is 79.1 Å². The largest absolute Gasteiger partial charge is 0.490 e. The van der Waals surface area contributed by atoms with Gasteiger partial charge in [-0.2, -0.15) is 0 Å². The molecule has 222 valence electrons. The number of allylic oxidation sites excluding steroid dienone is 5. The molecule has 0 saturated heterocycles. The minimum atomic E-state index is -0.744. The van der Waals surface area contributed by atoms with Crippen LogP contribution in [0.1, 0.15) is 60.8 Å². The first-order chi connectivity index (χ1) is 18.8. The number of methoxy groups -OCH3 is 2. The number of hydrogen-bond acceptors (Lipinski definition) is 6. The highest BCUT2D eigenvalue weighted by atomic mass is 35.5. The number of amides is 2. The van der Waals surface area contributed by atoms with Crippen LogP contribution in [0.15, 0.2) is 71.2 Å². The van der Waals surface area contributed by atoms with Gasteiger partial charge in [0.25, 0.3) is 0 Å².